The van der Waals surface area contributed by atoms with E-state index >= 15 is 0 Å². The van der Waals surface area contributed by atoms with Crippen LogP contribution < -0.4 is 11.1 Å². The number of hydrogen-bond acceptors (Lipinski definition) is 2. The van der Waals surface area contributed by atoms with Crippen LogP contribution in [0.5, 0.6) is 0 Å². The molecule has 0 aliphatic carbocycles. The van der Waals surface area contributed by atoms with Gasteiger partial charge >= 0.3 is 0 Å². The third kappa shape index (κ3) is 7.44. The van der Waals surface area contributed by atoms with Crippen LogP contribution in [0, 0.1) is 6.92 Å². The molecule has 0 aliphatic rings. The lowest BCUT2D eigenvalue weighted by atomic mass is 10.0. The molecule has 5 heteroatoms. The van der Waals surface area contributed by atoms with Gasteiger partial charge in [-0.2, -0.15) is 0 Å². The van der Waals surface area contributed by atoms with Crippen molar-refractivity contribution in [2.24, 2.45) is 10.7 Å². The minimum Gasteiger partial charge on any atom is -0.370 e. The normalized spacial score (nSPS) is 12.6. The number of guanidine groups is 1. The van der Waals surface area contributed by atoms with Gasteiger partial charge in [-0.1, -0.05) is 60.2 Å². The minimum absolute atomic E-state index is 0. The molecule has 0 radical (unpaired) electrons. The molecule has 0 amide bonds. The van der Waals surface area contributed by atoms with E-state index in [1.807, 2.05) is 6.07 Å². The number of halogens is 1. The van der Waals surface area contributed by atoms with E-state index in [-0.39, 0.29) is 30.0 Å². The predicted molar refractivity (Wildman–Crippen MR) is 118 cm³/mol. The third-order valence-corrected chi connectivity index (χ3v) is 4.08. The molecule has 1 atom stereocenters. The molecule has 0 saturated carbocycles. The molecular formula is C20H29IN4. The number of aliphatic imine (C=N–C) groups is 1. The topological polar surface area (TPSA) is 53.6 Å². The Balaban J connectivity index is 0.00000312. The van der Waals surface area contributed by atoms with E-state index in [1.165, 1.54) is 16.7 Å². The Labute approximate surface area is 168 Å². The zero-order valence-electron chi connectivity index (χ0n) is 15.3. The van der Waals surface area contributed by atoms with Gasteiger partial charge in [0, 0.05) is 6.54 Å². The fourth-order valence-corrected chi connectivity index (χ4v) is 2.58. The van der Waals surface area contributed by atoms with Crippen LogP contribution in [-0.4, -0.2) is 38.0 Å². The molecule has 0 bridgehead atoms. The maximum Gasteiger partial charge on any atom is 0.188 e. The van der Waals surface area contributed by atoms with Gasteiger partial charge in [0.2, 0.25) is 0 Å². The van der Waals surface area contributed by atoms with Gasteiger partial charge in [-0.25, -0.2) is 0 Å². The van der Waals surface area contributed by atoms with E-state index in [0.717, 1.165) is 13.0 Å². The Morgan fingerprint density at radius 1 is 1.08 bits per heavy atom. The quantitative estimate of drug-likeness (QED) is 0.385. The molecule has 0 heterocycles. The van der Waals surface area contributed by atoms with Gasteiger partial charge in [0.15, 0.2) is 5.96 Å². The largest absolute Gasteiger partial charge is 0.370 e. The van der Waals surface area contributed by atoms with Crippen LogP contribution in [-0.2, 0) is 6.42 Å². The fraction of sp³-hybridized carbons (Fsp3) is 0.350. The molecule has 136 valence electrons. The molecule has 0 fully saturated rings. The van der Waals surface area contributed by atoms with Crippen LogP contribution in [0.15, 0.2) is 59.6 Å². The summed E-state index contributed by atoms with van der Waals surface area (Å²) in [5.41, 5.74) is 9.83. The second kappa shape index (κ2) is 11.1. The van der Waals surface area contributed by atoms with E-state index < -0.39 is 0 Å². The number of nitrogens with zero attached hydrogens (tertiary/aromatic N) is 2. The number of nitrogens with one attached hydrogen (secondary N) is 1. The summed E-state index contributed by atoms with van der Waals surface area (Å²) < 4.78 is 0. The number of hydrogen-bond donors (Lipinski definition) is 2. The molecule has 0 aromatic heterocycles. The van der Waals surface area contributed by atoms with Crippen molar-refractivity contribution < 1.29 is 0 Å². The number of nitrogens with two attached hydrogens (primary N) is 1. The predicted octanol–water partition coefficient (Wildman–Crippen LogP) is 3.36. The van der Waals surface area contributed by atoms with Crippen molar-refractivity contribution >= 4 is 29.9 Å². The summed E-state index contributed by atoms with van der Waals surface area (Å²) in [6.07, 6.45) is 0.937. The molecule has 0 aliphatic heterocycles. The van der Waals surface area contributed by atoms with Gasteiger partial charge in [-0.15, -0.1) is 24.0 Å². The maximum atomic E-state index is 6.01. The molecule has 2 aromatic rings. The summed E-state index contributed by atoms with van der Waals surface area (Å²) >= 11 is 0. The molecule has 3 N–H and O–H groups in total. The highest BCUT2D eigenvalue weighted by molar-refractivity contribution is 14.0. The Bertz CT molecular complexity index is 639. The Hall–Kier alpha value is -1.60. The lowest BCUT2D eigenvalue weighted by Crippen LogP contribution is -2.34. The fourth-order valence-electron chi connectivity index (χ4n) is 2.58. The third-order valence-electron chi connectivity index (χ3n) is 4.08. The van der Waals surface area contributed by atoms with Crippen LogP contribution in [0.2, 0.25) is 0 Å². The molecule has 4 nitrogen and oxygen atoms in total. The molecule has 1 unspecified atom stereocenters. The first-order valence-corrected chi connectivity index (χ1v) is 8.37. The van der Waals surface area contributed by atoms with Gasteiger partial charge in [0.25, 0.3) is 0 Å². The van der Waals surface area contributed by atoms with E-state index in [1.54, 1.807) is 0 Å². The van der Waals surface area contributed by atoms with Crippen LogP contribution in [0.1, 0.15) is 22.7 Å². The Morgan fingerprint density at radius 3 is 2.32 bits per heavy atom. The minimum atomic E-state index is 0. The summed E-state index contributed by atoms with van der Waals surface area (Å²) in [7, 11) is 4.14. The van der Waals surface area contributed by atoms with Gasteiger partial charge in [-0.3, -0.25) is 4.99 Å². The van der Waals surface area contributed by atoms with Crippen molar-refractivity contribution in [3.05, 3.63) is 71.3 Å². The lowest BCUT2D eigenvalue weighted by Gasteiger charge is -2.23. The smallest absolute Gasteiger partial charge is 0.188 e. The summed E-state index contributed by atoms with van der Waals surface area (Å²) in [5.74, 6) is 0.505. The SMILES string of the molecule is Cc1ccc(C(CN=C(N)NCCc2ccccc2)N(C)C)cc1.I. The van der Waals surface area contributed by atoms with Gasteiger partial charge in [0.05, 0.1) is 12.6 Å². The van der Waals surface area contributed by atoms with E-state index in [0.29, 0.717) is 12.5 Å². The summed E-state index contributed by atoms with van der Waals surface area (Å²) in [4.78, 5) is 6.69. The second-order valence-corrected chi connectivity index (χ2v) is 6.28. The van der Waals surface area contributed by atoms with Crippen molar-refractivity contribution in [1.82, 2.24) is 10.2 Å². The first-order valence-electron chi connectivity index (χ1n) is 8.37. The molecule has 25 heavy (non-hydrogen) atoms. The van der Waals surface area contributed by atoms with Crippen molar-refractivity contribution in [1.29, 1.82) is 0 Å². The number of benzene rings is 2. The van der Waals surface area contributed by atoms with E-state index in [9.17, 15) is 0 Å². The highest BCUT2D eigenvalue weighted by atomic mass is 127. The zero-order chi connectivity index (χ0) is 17.4. The molecule has 0 spiro atoms. The highest BCUT2D eigenvalue weighted by Gasteiger charge is 2.13. The van der Waals surface area contributed by atoms with Gasteiger partial charge in [-0.05, 0) is 38.6 Å². The molecule has 0 saturated heterocycles. The van der Waals surface area contributed by atoms with E-state index in [2.05, 4.69) is 84.8 Å². The molecule has 2 aromatic carbocycles. The standard InChI is InChI=1S/C20H28N4.HI/c1-16-9-11-18(12-10-16)19(24(2)3)15-23-20(21)22-14-13-17-7-5-4-6-8-17;/h4-12,19H,13-15H2,1-3H3,(H3,21,22,23);1H. The average Bonchev–Trinajstić information content (AvgIpc) is 2.57. The second-order valence-electron chi connectivity index (χ2n) is 6.28. The Morgan fingerprint density at radius 2 is 1.72 bits per heavy atom. The monoisotopic (exact) mass is 452 g/mol. The van der Waals surface area contributed by atoms with Crippen LogP contribution in [0.4, 0.5) is 0 Å². The molecule has 2 rings (SSSR count). The van der Waals surface area contributed by atoms with Gasteiger partial charge in [0.1, 0.15) is 0 Å². The summed E-state index contributed by atoms with van der Waals surface area (Å²) in [6.45, 7) is 3.53. The van der Waals surface area contributed by atoms with Crippen molar-refractivity contribution in [3.8, 4) is 0 Å². The number of aryl methyl sites for hydroxylation is 1. The van der Waals surface area contributed by atoms with Crippen molar-refractivity contribution in [2.75, 3.05) is 27.2 Å². The van der Waals surface area contributed by atoms with Crippen molar-refractivity contribution in [3.63, 3.8) is 0 Å². The summed E-state index contributed by atoms with van der Waals surface area (Å²) in [6, 6.07) is 19.2. The maximum absolute atomic E-state index is 6.01. The van der Waals surface area contributed by atoms with Crippen LogP contribution >= 0.6 is 24.0 Å². The Kier molecular flexibility index (Phi) is 9.52. The zero-order valence-corrected chi connectivity index (χ0v) is 17.6. The van der Waals surface area contributed by atoms with Crippen molar-refractivity contribution in [2.45, 2.75) is 19.4 Å². The highest BCUT2D eigenvalue weighted by Crippen LogP contribution is 2.19. The first kappa shape index (κ1) is 21.4. The lowest BCUT2D eigenvalue weighted by molar-refractivity contribution is 0.306. The first-order chi connectivity index (χ1) is 11.6. The van der Waals surface area contributed by atoms with Gasteiger partial charge < -0.3 is 16.0 Å². The van der Waals surface area contributed by atoms with Crippen LogP contribution in [0.3, 0.4) is 0 Å². The number of likely N-dealkylation sites (N-methyl/N-ethyl adjacent to an activating group) is 1. The number of rotatable bonds is 7. The molecular weight excluding hydrogens is 423 g/mol. The average molecular weight is 452 g/mol. The summed E-state index contributed by atoms with van der Waals surface area (Å²) in [5, 5.41) is 3.20. The van der Waals surface area contributed by atoms with E-state index in [4.69, 9.17) is 5.73 Å². The van der Waals surface area contributed by atoms with Crippen LogP contribution in [0.25, 0.3) is 0 Å².